The number of alkyl halides is 1. The molecule has 1 unspecified atom stereocenters. The number of halogens is 2. The molecule has 0 fully saturated rings. The van der Waals surface area contributed by atoms with Crippen molar-refractivity contribution >= 4 is 37.9 Å². The summed E-state index contributed by atoms with van der Waals surface area (Å²) in [7, 11) is 0. The summed E-state index contributed by atoms with van der Waals surface area (Å²) < 4.78 is 0.648. The van der Waals surface area contributed by atoms with E-state index in [0.29, 0.717) is 4.62 Å². The predicted octanol–water partition coefficient (Wildman–Crippen LogP) is 3.30. The van der Waals surface area contributed by atoms with Gasteiger partial charge in [-0.15, -0.1) is 5.10 Å². The first kappa shape index (κ1) is 9.87. The zero-order chi connectivity index (χ0) is 10.2. The van der Waals surface area contributed by atoms with Crippen molar-refractivity contribution in [2.75, 3.05) is 0 Å². The lowest BCUT2D eigenvalue weighted by molar-refractivity contribution is 1.13. The molecule has 0 saturated carbocycles. The average molecular weight is 272 g/mol. The van der Waals surface area contributed by atoms with Gasteiger partial charge in [0.15, 0.2) is 4.87 Å². The van der Waals surface area contributed by atoms with Gasteiger partial charge in [0.25, 0.3) is 0 Å². The fourth-order valence-electron chi connectivity index (χ4n) is 1.40. The molecule has 0 saturated heterocycles. The van der Waals surface area contributed by atoms with E-state index < -0.39 is 4.87 Å². The Hall–Kier alpha value is -0.670. The van der Waals surface area contributed by atoms with Gasteiger partial charge in [0, 0.05) is 0 Å². The summed E-state index contributed by atoms with van der Waals surface area (Å²) in [5, 5.41) is 7.91. The third-order valence-electron chi connectivity index (χ3n) is 2.24. The van der Waals surface area contributed by atoms with E-state index in [4.69, 9.17) is 11.6 Å². The predicted molar refractivity (Wildman–Crippen MR) is 63.4 cm³/mol. The first-order valence-corrected chi connectivity index (χ1v) is 5.36. The Bertz CT molecular complexity index is 393. The van der Waals surface area contributed by atoms with E-state index in [1.54, 1.807) is 0 Å². The molecular weight excluding hydrogens is 263 g/mol. The lowest BCUT2D eigenvalue weighted by Gasteiger charge is -2.21. The molecule has 72 valence electrons. The number of rotatable bonds is 1. The van der Waals surface area contributed by atoms with Crippen molar-refractivity contribution in [2.45, 2.75) is 11.8 Å². The van der Waals surface area contributed by atoms with Crippen LogP contribution < -0.4 is 0 Å². The van der Waals surface area contributed by atoms with Crippen LogP contribution in [0.25, 0.3) is 0 Å². The minimum atomic E-state index is -0.707. The summed E-state index contributed by atoms with van der Waals surface area (Å²) in [5.41, 5.74) is 1.77. The first-order valence-electron chi connectivity index (χ1n) is 4.19. The Labute approximate surface area is 95.8 Å². The SMILES string of the molecule is CC1=NN=C(Br)C1(Cl)c1ccccc1. The summed E-state index contributed by atoms with van der Waals surface area (Å²) in [6.45, 7) is 1.87. The van der Waals surface area contributed by atoms with Crippen molar-refractivity contribution in [3.8, 4) is 0 Å². The van der Waals surface area contributed by atoms with Crippen molar-refractivity contribution in [1.29, 1.82) is 0 Å². The van der Waals surface area contributed by atoms with Crippen LogP contribution in [-0.2, 0) is 4.87 Å². The van der Waals surface area contributed by atoms with E-state index in [9.17, 15) is 0 Å². The molecular formula is C10H8BrClN2. The molecule has 4 heteroatoms. The van der Waals surface area contributed by atoms with Crippen LogP contribution in [0.3, 0.4) is 0 Å². The molecule has 0 amide bonds. The van der Waals surface area contributed by atoms with Crippen molar-refractivity contribution in [3.63, 3.8) is 0 Å². The van der Waals surface area contributed by atoms with Crippen LogP contribution in [0.2, 0.25) is 0 Å². The molecule has 1 aromatic carbocycles. The Morgan fingerprint density at radius 2 is 1.86 bits per heavy atom. The molecule has 1 aliphatic heterocycles. The number of nitrogens with zero attached hydrogens (tertiary/aromatic N) is 2. The molecule has 0 bridgehead atoms. The van der Waals surface area contributed by atoms with E-state index in [-0.39, 0.29) is 0 Å². The van der Waals surface area contributed by atoms with Gasteiger partial charge in [0.05, 0.1) is 5.71 Å². The second kappa shape index (κ2) is 3.48. The molecule has 2 rings (SSSR count). The van der Waals surface area contributed by atoms with E-state index in [2.05, 4.69) is 26.1 Å². The topological polar surface area (TPSA) is 24.7 Å². The van der Waals surface area contributed by atoms with Crippen LogP contribution >= 0.6 is 27.5 Å². The highest BCUT2D eigenvalue weighted by molar-refractivity contribution is 9.18. The maximum atomic E-state index is 6.49. The van der Waals surface area contributed by atoms with Crippen LogP contribution in [0, 0.1) is 0 Å². The van der Waals surface area contributed by atoms with Gasteiger partial charge in [-0.3, -0.25) is 0 Å². The van der Waals surface area contributed by atoms with Crippen molar-refractivity contribution in [2.24, 2.45) is 10.2 Å². The third-order valence-corrected chi connectivity index (χ3v) is 3.89. The molecule has 1 aromatic rings. The first-order chi connectivity index (χ1) is 6.65. The quantitative estimate of drug-likeness (QED) is 0.700. The van der Waals surface area contributed by atoms with Crippen LogP contribution in [-0.4, -0.2) is 10.3 Å². The fourth-order valence-corrected chi connectivity index (χ4v) is 2.20. The van der Waals surface area contributed by atoms with Gasteiger partial charge < -0.3 is 0 Å². The van der Waals surface area contributed by atoms with Crippen LogP contribution in [0.4, 0.5) is 0 Å². The van der Waals surface area contributed by atoms with Gasteiger partial charge in [-0.25, -0.2) is 0 Å². The Morgan fingerprint density at radius 3 is 2.36 bits per heavy atom. The zero-order valence-electron chi connectivity index (χ0n) is 7.54. The molecule has 1 atom stereocenters. The highest BCUT2D eigenvalue weighted by atomic mass is 79.9. The summed E-state index contributed by atoms with van der Waals surface area (Å²) in [4.78, 5) is -0.707. The van der Waals surface area contributed by atoms with Gasteiger partial charge in [0.2, 0.25) is 0 Å². The maximum absolute atomic E-state index is 6.49. The summed E-state index contributed by atoms with van der Waals surface area (Å²) in [6.07, 6.45) is 0. The molecule has 0 aliphatic carbocycles. The van der Waals surface area contributed by atoms with Gasteiger partial charge in [-0.05, 0) is 28.4 Å². The lowest BCUT2D eigenvalue weighted by Crippen LogP contribution is -2.30. The van der Waals surface area contributed by atoms with Gasteiger partial charge in [-0.2, -0.15) is 5.10 Å². The lowest BCUT2D eigenvalue weighted by atomic mass is 9.96. The van der Waals surface area contributed by atoms with Crippen LogP contribution in [0.15, 0.2) is 40.5 Å². The monoisotopic (exact) mass is 270 g/mol. The minimum Gasteiger partial charge on any atom is -0.157 e. The standard InChI is InChI=1S/C10H8BrClN2/c1-7-10(12,9(11)14-13-7)8-5-3-2-4-6-8/h2-6H,1H3. The van der Waals surface area contributed by atoms with Gasteiger partial charge in [0.1, 0.15) is 4.62 Å². The smallest absolute Gasteiger partial charge is 0.157 e. The van der Waals surface area contributed by atoms with Gasteiger partial charge in [-0.1, -0.05) is 41.9 Å². The van der Waals surface area contributed by atoms with Gasteiger partial charge >= 0.3 is 0 Å². The van der Waals surface area contributed by atoms with Crippen LogP contribution in [0.5, 0.6) is 0 Å². The molecule has 1 aliphatic rings. The highest BCUT2D eigenvalue weighted by Crippen LogP contribution is 2.38. The third kappa shape index (κ3) is 1.31. The highest BCUT2D eigenvalue weighted by Gasteiger charge is 2.41. The van der Waals surface area contributed by atoms with E-state index in [0.717, 1.165) is 11.3 Å². The fraction of sp³-hybridized carbons (Fsp3) is 0.200. The summed E-state index contributed by atoms with van der Waals surface area (Å²) in [6, 6.07) is 9.79. The second-order valence-electron chi connectivity index (χ2n) is 3.10. The number of benzene rings is 1. The normalized spacial score (nSPS) is 25.9. The van der Waals surface area contributed by atoms with E-state index >= 15 is 0 Å². The molecule has 0 aromatic heterocycles. The van der Waals surface area contributed by atoms with Crippen molar-refractivity contribution < 1.29 is 0 Å². The van der Waals surface area contributed by atoms with Crippen LogP contribution in [0.1, 0.15) is 12.5 Å². The molecule has 2 nitrogen and oxygen atoms in total. The average Bonchev–Trinajstić information content (AvgIpc) is 2.49. The van der Waals surface area contributed by atoms with E-state index in [1.807, 2.05) is 37.3 Å². The Kier molecular flexibility index (Phi) is 2.45. The number of hydrogen-bond acceptors (Lipinski definition) is 2. The second-order valence-corrected chi connectivity index (χ2v) is 4.42. The maximum Gasteiger partial charge on any atom is 0.159 e. The molecule has 0 N–H and O–H groups in total. The summed E-state index contributed by atoms with van der Waals surface area (Å²) >= 11 is 9.83. The molecule has 14 heavy (non-hydrogen) atoms. The zero-order valence-corrected chi connectivity index (χ0v) is 9.88. The summed E-state index contributed by atoms with van der Waals surface area (Å²) in [5.74, 6) is 0. The minimum absolute atomic E-state index is 0.648. The largest absolute Gasteiger partial charge is 0.159 e. The van der Waals surface area contributed by atoms with E-state index in [1.165, 1.54) is 0 Å². The Balaban J connectivity index is 2.53. The molecule has 1 heterocycles. The molecule has 0 spiro atoms. The molecule has 0 radical (unpaired) electrons. The van der Waals surface area contributed by atoms with Crippen molar-refractivity contribution in [1.82, 2.24) is 0 Å². The van der Waals surface area contributed by atoms with Crippen molar-refractivity contribution in [3.05, 3.63) is 35.9 Å². The number of hydrogen-bond donors (Lipinski definition) is 0. The Morgan fingerprint density at radius 1 is 1.21 bits per heavy atom.